The Hall–Kier alpha value is -3.74. The Labute approximate surface area is 206 Å². The first-order valence-electron chi connectivity index (χ1n) is 11.2. The number of alkyl carbamates (subject to hydrolysis) is 1. The molecule has 1 rings (SSSR count). The number of methoxy groups -OCH3 is 1. The molecule has 0 saturated heterocycles. The van der Waals surface area contributed by atoms with Crippen LogP contribution in [0.15, 0.2) is 18.2 Å². The predicted octanol–water partition coefficient (Wildman–Crippen LogP) is 2.39. The summed E-state index contributed by atoms with van der Waals surface area (Å²) in [5.41, 5.74) is -0.0455. The molecule has 0 aromatic heterocycles. The molecule has 0 fully saturated rings. The summed E-state index contributed by atoms with van der Waals surface area (Å²) in [6.45, 7) is 9.84. The van der Waals surface area contributed by atoms with Crippen LogP contribution in [0.25, 0.3) is 0 Å². The lowest BCUT2D eigenvalue weighted by Gasteiger charge is -2.32. The van der Waals surface area contributed by atoms with Crippen LogP contribution in [0.4, 0.5) is 4.79 Å². The van der Waals surface area contributed by atoms with Crippen molar-refractivity contribution in [1.29, 1.82) is 0 Å². The first-order chi connectivity index (χ1) is 16.2. The minimum Gasteiger partial charge on any atom is -0.508 e. The molecule has 0 saturated carbocycles. The van der Waals surface area contributed by atoms with Gasteiger partial charge in [0.1, 0.15) is 30.0 Å². The number of esters is 1. The van der Waals surface area contributed by atoms with Crippen molar-refractivity contribution in [2.75, 3.05) is 13.7 Å². The smallest absolute Gasteiger partial charge is 0.408 e. The summed E-state index contributed by atoms with van der Waals surface area (Å²) in [5.74, 6) is -2.51. The van der Waals surface area contributed by atoms with Crippen LogP contribution in [0.3, 0.4) is 0 Å². The molecule has 0 bridgehead atoms. The van der Waals surface area contributed by atoms with Gasteiger partial charge in [-0.2, -0.15) is 0 Å². The molecule has 0 aliphatic heterocycles. The fourth-order valence-electron chi connectivity index (χ4n) is 3.13. The molecule has 3 N–H and O–H groups in total. The third kappa shape index (κ3) is 8.52. The Morgan fingerprint density at radius 1 is 1.23 bits per heavy atom. The maximum absolute atomic E-state index is 13.6. The second-order valence-electron chi connectivity index (χ2n) is 9.09. The van der Waals surface area contributed by atoms with Gasteiger partial charge >= 0.3 is 12.1 Å². The molecule has 1 aromatic rings. The number of nitrogens with zero attached hydrogens (tertiary/aromatic N) is 1. The number of amides is 3. The molecule has 35 heavy (non-hydrogen) atoms. The molecular weight excluding hydrogens is 454 g/mol. The van der Waals surface area contributed by atoms with Gasteiger partial charge in [-0.05, 0) is 56.9 Å². The van der Waals surface area contributed by atoms with Gasteiger partial charge in [-0.1, -0.05) is 32.8 Å². The maximum atomic E-state index is 13.6. The van der Waals surface area contributed by atoms with Gasteiger partial charge in [-0.15, -0.1) is 0 Å². The van der Waals surface area contributed by atoms with Crippen molar-refractivity contribution in [2.24, 2.45) is 5.92 Å². The molecule has 0 aliphatic carbocycles. The number of rotatable bonds is 9. The number of hydrogen-bond donors (Lipinski definition) is 3. The Morgan fingerprint density at radius 2 is 1.86 bits per heavy atom. The number of phenols is 1. The highest BCUT2D eigenvalue weighted by Crippen LogP contribution is 2.27. The summed E-state index contributed by atoms with van der Waals surface area (Å²) in [7, 11) is 1.17. The fraction of sp³-hybridized carbons (Fsp3) is 0.520. The Bertz CT molecular complexity index is 978. The summed E-state index contributed by atoms with van der Waals surface area (Å²) >= 11 is 0. The molecule has 10 heteroatoms. The largest absolute Gasteiger partial charge is 0.508 e. The molecule has 0 spiro atoms. The van der Waals surface area contributed by atoms with Gasteiger partial charge in [0.2, 0.25) is 5.91 Å². The molecule has 3 atom stereocenters. The second-order valence-corrected chi connectivity index (χ2v) is 9.09. The molecule has 1 aromatic carbocycles. The Kier molecular flexibility index (Phi) is 10.6. The molecule has 192 valence electrons. The first kappa shape index (κ1) is 29.3. The number of aryl methyl sites for hydroxylation is 1. The van der Waals surface area contributed by atoms with Crippen LogP contribution < -0.4 is 10.6 Å². The Balaban J connectivity index is 3.44. The zero-order valence-electron chi connectivity index (χ0n) is 21.3. The molecule has 0 radical (unpaired) electrons. The molecular formula is C25H35N3O7. The van der Waals surface area contributed by atoms with Crippen LogP contribution in [0.5, 0.6) is 5.75 Å². The quantitative estimate of drug-likeness (QED) is 0.275. The number of phenolic OH excluding ortho intramolecular Hbond substituents is 1. The van der Waals surface area contributed by atoms with E-state index in [1.54, 1.807) is 34.6 Å². The number of terminal acetylenes is 1. The average molecular weight is 490 g/mol. The van der Waals surface area contributed by atoms with Crippen LogP contribution in [0.2, 0.25) is 0 Å². The van der Waals surface area contributed by atoms with E-state index in [0.717, 1.165) is 4.90 Å². The fourth-order valence-corrected chi connectivity index (χ4v) is 3.13. The number of ether oxygens (including phenoxy) is 2. The van der Waals surface area contributed by atoms with Gasteiger partial charge in [-0.25, -0.2) is 4.79 Å². The summed E-state index contributed by atoms with van der Waals surface area (Å²) < 4.78 is 9.85. The van der Waals surface area contributed by atoms with Gasteiger partial charge in [0, 0.05) is 6.04 Å². The number of aromatic hydroxyl groups is 1. The molecule has 3 unspecified atom stereocenters. The number of nitrogens with one attached hydrogen (secondary N) is 2. The standard InChI is InChI=1S/C25H35N3O7/c1-9-15(3)20(27-24(33)35-25(5,6)7)23(32)28(10-2)21(22(31)26-14-19(30)34-8)17-11-12-18(29)16(4)13-17/h2,11-13,15,20-21,29H,9,14H2,1,3-8H3,(H,26,31)(H,27,33). The number of hydrogen-bond acceptors (Lipinski definition) is 7. The van der Waals surface area contributed by atoms with Gasteiger partial charge in [0.05, 0.1) is 7.11 Å². The first-order valence-corrected chi connectivity index (χ1v) is 11.2. The Morgan fingerprint density at radius 3 is 2.34 bits per heavy atom. The molecule has 0 heterocycles. The van der Waals surface area contributed by atoms with E-state index < -0.39 is 48.1 Å². The van der Waals surface area contributed by atoms with E-state index in [1.165, 1.54) is 25.3 Å². The van der Waals surface area contributed by atoms with E-state index in [4.69, 9.17) is 11.2 Å². The van der Waals surface area contributed by atoms with E-state index >= 15 is 0 Å². The summed E-state index contributed by atoms with van der Waals surface area (Å²) in [6.07, 6.45) is 5.41. The van der Waals surface area contributed by atoms with E-state index in [9.17, 15) is 24.3 Å². The van der Waals surface area contributed by atoms with Crippen LogP contribution in [0.1, 0.15) is 58.2 Å². The van der Waals surface area contributed by atoms with E-state index in [-0.39, 0.29) is 11.7 Å². The number of carbonyl (C=O) groups excluding carboxylic acids is 4. The summed E-state index contributed by atoms with van der Waals surface area (Å²) in [4.78, 5) is 51.7. The summed E-state index contributed by atoms with van der Waals surface area (Å²) in [5, 5.41) is 14.9. The van der Waals surface area contributed by atoms with Crippen molar-refractivity contribution in [1.82, 2.24) is 15.5 Å². The molecule has 3 amide bonds. The average Bonchev–Trinajstić information content (AvgIpc) is 2.78. The van der Waals surface area contributed by atoms with Crippen molar-refractivity contribution in [3.8, 4) is 18.2 Å². The monoisotopic (exact) mass is 489 g/mol. The maximum Gasteiger partial charge on any atom is 0.408 e. The van der Waals surface area contributed by atoms with Crippen LogP contribution >= 0.6 is 0 Å². The second kappa shape index (κ2) is 12.6. The zero-order valence-corrected chi connectivity index (χ0v) is 21.3. The van der Waals surface area contributed by atoms with Gasteiger partial charge in [-0.3, -0.25) is 19.3 Å². The van der Waals surface area contributed by atoms with Crippen molar-refractivity contribution in [3.63, 3.8) is 0 Å². The van der Waals surface area contributed by atoms with Crippen molar-refractivity contribution >= 4 is 23.9 Å². The van der Waals surface area contributed by atoms with E-state index in [0.29, 0.717) is 17.5 Å². The van der Waals surface area contributed by atoms with E-state index in [1.807, 2.05) is 6.92 Å². The highest BCUT2D eigenvalue weighted by molar-refractivity contribution is 5.94. The SMILES string of the molecule is C#CN(C(=O)C(NC(=O)OC(C)(C)C)C(C)CC)C(C(=O)NCC(=O)OC)c1ccc(O)c(C)c1. The van der Waals surface area contributed by atoms with Crippen LogP contribution in [-0.2, 0) is 23.9 Å². The van der Waals surface area contributed by atoms with Gasteiger partial charge in [0.25, 0.3) is 5.91 Å². The number of carbonyl (C=O) groups is 4. The third-order valence-corrected chi connectivity index (χ3v) is 5.21. The minimum absolute atomic E-state index is 0.00914. The van der Waals surface area contributed by atoms with Crippen LogP contribution in [-0.4, -0.2) is 59.2 Å². The highest BCUT2D eigenvalue weighted by atomic mass is 16.6. The number of benzene rings is 1. The topological polar surface area (TPSA) is 134 Å². The van der Waals surface area contributed by atoms with Gasteiger partial charge < -0.3 is 25.2 Å². The van der Waals surface area contributed by atoms with Crippen LogP contribution in [0, 0.1) is 25.3 Å². The van der Waals surface area contributed by atoms with E-state index in [2.05, 4.69) is 21.4 Å². The molecule has 0 aliphatic rings. The lowest BCUT2D eigenvalue weighted by atomic mass is 9.95. The van der Waals surface area contributed by atoms with Crippen molar-refractivity contribution < 1.29 is 33.8 Å². The lowest BCUT2D eigenvalue weighted by molar-refractivity contribution is -0.143. The summed E-state index contributed by atoms with van der Waals surface area (Å²) in [6, 6.07) is 4.12. The zero-order chi connectivity index (χ0) is 26.9. The minimum atomic E-state index is -1.36. The third-order valence-electron chi connectivity index (χ3n) is 5.21. The predicted molar refractivity (Wildman–Crippen MR) is 129 cm³/mol. The lowest BCUT2D eigenvalue weighted by Crippen LogP contribution is -2.54. The van der Waals surface area contributed by atoms with Crippen molar-refractivity contribution in [2.45, 2.75) is 65.6 Å². The highest BCUT2D eigenvalue weighted by Gasteiger charge is 2.38. The molecule has 10 nitrogen and oxygen atoms in total. The normalized spacial score (nSPS) is 13.4. The van der Waals surface area contributed by atoms with Crippen molar-refractivity contribution in [3.05, 3.63) is 29.3 Å². The van der Waals surface area contributed by atoms with Gasteiger partial charge in [0.15, 0.2) is 0 Å².